The first-order valence-corrected chi connectivity index (χ1v) is 11.1. The van der Waals surface area contributed by atoms with Gasteiger partial charge in [0, 0.05) is 17.3 Å². The largest absolute Gasteiger partial charge is 0.325 e. The van der Waals surface area contributed by atoms with E-state index in [-0.39, 0.29) is 17.6 Å². The van der Waals surface area contributed by atoms with E-state index in [1.807, 2.05) is 36.6 Å². The lowest BCUT2D eigenvalue weighted by Gasteiger charge is -2.08. The Morgan fingerprint density at radius 3 is 2.93 bits per heavy atom. The van der Waals surface area contributed by atoms with Crippen LogP contribution < -0.4 is 5.32 Å². The van der Waals surface area contributed by atoms with Crippen molar-refractivity contribution in [2.75, 3.05) is 11.1 Å². The molecule has 0 radical (unpaired) electrons. The number of anilines is 1. The summed E-state index contributed by atoms with van der Waals surface area (Å²) in [5.41, 5.74) is 2.32. The van der Waals surface area contributed by atoms with Gasteiger partial charge in [-0.25, -0.2) is 0 Å². The van der Waals surface area contributed by atoms with Crippen LogP contribution in [0.3, 0.4) is 0 Å². The third-order valence-electron chi connectivity index (χ3n) is 5.14. The normalized spacial score (nSPS) is 18.2. The Morgan fingerprint density at radius 1 is 1.32 bits per heavy atom. The molecule has 3 aromatic rings. The lowest BCUT2D eigenvalue weighted by molar-refractivity contribution is -0.116. The maximum Gasteiger partial charge on any atom is 0.231 e. The first-order chi connectivity index (χ1) is 13.6. The average Bonchev–Trinajstić information content (AvgIpc) is 3.12. The van der Waals surface area contributed by atoms with Gasteiger partial charge in [0.2, 0.25) is 5.91 Å². The van der Waals surface area contributed by atoms with Crippen LogP contribution in [0.2, 0.25) is 0 Å². The van der Waals surface area contributed by atoms with Crippen molar-refractivity contribution in [2.24, 2.45) is 0 Å². The Hall–Kier alpha value is -2.45. The van der Waals surface area contributed by atoms with Crippen molar-refractivity contribution in [3.05, 3.63) is 46.8 Å². The molecule has 1 amide bonds. The summed E-state index contributed by atoms with van der Waals surface area (Å²) >= 11 is 3.08. The molecule has 2 aliphatic rings. The molecule has 8 heteroatoms. The summed E-state index contributed by atoms with van der Waals surface area (Å²) in [6.07, 6.45) is 2.25. The molecule has 0 saturated heterocycles. The quantitative estimate of drug-likeness (QED) is 0.482. The van der Waals surface area contributed by atoms with Crippen molar-refractivity contribution in [3.63, 3.8) is 0 Å². The van der Waals surface area contributed by atoms with Gasteiger partial charge in [-0.2, -0.15) is 0 Å². The summed E-state index contributed by atoms with van der Waals surface area (Å²) in [5, 5.41) is 14.4. The highest BCUT2D eigenvalue weighted by atomic mass is 32.2. The Balaban J connectivity index is 1.35. The molecule has 1 aromatic carbocycles. The minimum Gasteiger partial charge on any atom is -0.325 e. The predicted molar refractivity (Wildman–Crippen MR) is 110 cm³/mol. The molecule has 1 atom stereocenters. The van der Waals surface area contributed by atoms with Gasteiger partial charge >= 0.3 is 0 Å². The molecular weight excluding hydrogens is 392 g/mol. The molecule has 2 aromatic heterocycles. The number of hydrogen-bond acceptors (Lipinski definition) is 6. The summed E-state index contributed by atoms with van der Waals surface area (Å²) in [4.78, 5) is 25.7. The van der Waals surface area contributed by atoms with Crippen molar-refractivity contribution in [1.29, 1.82) is 0 Å². The zero-order valence-electron chi connectivity index (χ0n) is 15.2. The number of thioether (sulfide) groups is 1. The van der Waals surface area contributed by atoms with E-state index >= 15 is 0 Å². The second-order valence-corrected chi connectivity index (χ2v) is 9.00. The molecule has 5 rings (SSSR count). The highest BCUT2D eigenvalue weighted by Gasteiger charge is 2.31. The van der Waals surface area contributed by atoms with E-state index in [1.165, 1.54) is 11.8 Å². The van der Waals surface area contributed by atoms with E-state index in [0.717, 1.165) is 40.0 Å². The Kier molecular flexibility index (Phi) is 4.32. The fourth-order valence-electron chi connectivity index (χ4n) is 3.42. The van der Waals surface area contributed by atoms with Crippen LogP contribution in [-0.4, -0.2) is 32.2 Å². The number of nitrogens with zero attached hydrogens (tertiary/aromatic N) is 3. The van der Waals surface area contributed by atoms with Gasteiger partial charge in [0.1, 0.15) is 0 Å². The van der Waals surface area contributed by atoms with Crippen molar-refractivity contribution in [1.82, 2.24) is 14.8 Å². The third kappa shape index (κ3) is 3.06. The van der Waals surface area contributed by atoms with Crippen LogP contribution in [0, 0.1) is 0 Å². The summed E-state index contributed by atoms with van der Waals surface area (Å²) in [5.74, 6) is 0.976. The van der Waals surface area contributed by atoms with Crippen LogP contribution in [0.25, 0.3) is 10.7 Å². The molecule has 1 aliphatic heterocycles. The number of rotatable bonds is 6. The highest BCUT2D eigenvalue weighted by Crippen LogP contribution is 2.42. The smallest absolute Gasteiger partial charge is 0.231 e. The van der Waals surface area contributed by atoms with Gasteiger partial charge in [0.25, 0.3) is 0 Å². The van der Waals surface area contributed by atoms with Crippen LogP contribution in [-0.2, 0) is 4.79 Å². The number of fused-ring (bicyclic) bond motifs is 1. The van der Waals surface area contributed by atoms with Crippen molar-refractivity contribution >= 4 is 40.5 Å². The summed E-state index contributed by atoms with van der Waals surface area (Å²) in [7, 11) is 0. The van der Waals surface area contributed by atoms with Gasteiger partial charge in [-0.05, 0) is 55.0 Å². The van der Waals surface area contributed by atoms with E-state index < -0.39 is 0 Å². The SMILES string of the molecule is C[C@H]1C(=O)Nc2ccc(C(=O)CSc3nnc(-c4cccs4)n3C3CC3)cc21. The molecule has 0 spiro atoms. The predicted octanol–water partition coefficient (Wildman–Crippen LogP) is 4.37. The number of amides is 1. The van der Waals surface area contributed by atoms with Gasteiger partial charge in [0.15, 0.2) is 16.8 Å². The minimum atomic E-state index is -0.221. The first kappa shape index (κ1) is 17.6. The van der Waals surface area contributed by atoms with Gasteiger partial charge in [-0.1, -0.05) is 17.8 Å². The molecule has 6 nitrogen and oxygen atoms in total. The van der Waals surface area contributed by atoms with Crippen molar-refractivity contribution < 1.29 is 9.59 Å². The first-order valence-electron chi connectivity index (χ1n) is 9.21. The van der Waals surface area contributed by atoms with Crippen LogP contribution in [0.5, 0.6) is 0 Å². The highest BCUT2D eigenvalue weighted by molar-refractivity contribution is 7.99. The summed E-state index contributed by atoms with van der Waals surface area (Å²) in [6, 6.07) is 9.93. The lowest BCUT2D eigenvalue weighted by atomic mass is 9.99. The monoisotopic (exact) mass is 410 g/mol. The van der Waals surface area contributed by atoms with Gasteiger partial charge in [-0.3, -0.25) is 14.2 Å². The minimum absolute atomic E-state index is 0.0207. The average molecular weight is 411 g/mol. The molecule has 142 valence electrons. The van der Waals surface area contributed by atoms with Crippen molar-refractivity contribution in [2.45, 2.75) is 36.9 Å². The second-order valence-electron chi connectivity index (χ2n) is 7.11. The van der Waals surface area contributed by atoms with Gasteiger partial charge in [0.05, 0.1) is 16.5 Å². The molecule has 0 bridgehead atoms. The molecule has 1 saturated carbocycles. The van der Waals surface area contributed by atoms with E-state index in [0.29, 0.717) is 17.4 Å². The maximum absolute atomic E-state index is 12.8. The number of nitrogens with one attached hydrogen (secondary N) is 1. The number of Topliss-reactive ketones (excluding diaryl/α,β-unsaturated/α-hetero) is 1. The van der Waals surface area contributed by atoms with Crippen LogP contribution in [0.1, 0.15) is 47.6 Å². The molecule has 1 fully saturated rings. The van der Waals surface area contributed by atoms with Gasteiger partial charge in [-0.15, -0.1) is 21.5 Å². The number of hydrogen-bond donors (Lipinski definition) is 1. The van der Waals surface area contributed by atoms with E-state index in [4.69, 9.17) is 0 Å². The molecule has 0 unspecified atom stereocenters. The van der Waals surface area contributed by atoms with Crippen molar-refractivity contribution in [3.8, 4) is 10.7 Å². The standard InChI is InChI=1S/C20H18N4O2S2/c1-11-14-9-12(4-7-15(14)21-19(11)26)16(25)10-28-20-23-22-18(17-3-2-8-27-17)24(20)13-5-6-13/h2-4,7-9,11,13H,5-6,10H2,1H3,(H,21,26)/t11-/m1/s1. The number of carbonyl (C=O) groups excluding carboxylic acids is 2. The zero-order chi connectivity index (χ0) is 19.3. The lowest BCUT2D eigenvalue weighted by Crippen LogP contribution is -2.08. The van der Waals surface area contributed by atoms with E-state index in [1.54, 1.807) is 17.4 Å². The number of carbonyl (C=O) groups is 2. The molecule has 28 heavy (non-hydrogen) atoms. The van der Waals surface area contributed by atoms with Crippen LogP contribution in [0.4, 0.5) is 5.69 Å². The third-order valence-corrected chi connectivity index (χ3v) is 6.95. The number of benzene rings is 1. The number of ketones is 1. The molecular formula is C20H18N4O2S2. The Labute approximate surface area is 170 Å². The Morgan fingerprint density at radius 2 is 2.18 bits per heavy atom. The second kappa shape index (κ2) is 6.86. The van der Waals surface area contributed by atoms with Gasteiger partial charge < -0.3 is 5.32 Å². The zero-order valence-corrected chi connectivity index (χ0v) is 16.8. The fourth-order valence-corrected chi connectivity index (χ4v) is 5.02. The van der Waals surface area contributed by atoms with Crippen LogP contribution >= 0.6 is 23.1 Å². The number of thiophene rings is 1. The Bertz CT molecular complexity index is 1070. The fraction of sp³-hybridized carbons (Fsp3) is 0.300. The topological polar surface area (TPSA) is 76.9 Å². The molecule has 1 N–H and O–H groups in total. The molecule has 1 aliphatic carbocycles. The van der Waals surface area contributed by atoms with Crippen LogP contribution in [0.15, 0.2) is 40.9 Å². The summed E-state index contributed by atoms with van der Waals surface area (Å²) < 4.78 is 2.18. The van der Waals surface area contributed by atoms with E-state index in [9.17, 15) is 9.59 Å². The number of aromatic nitrogens is 3. The maximum atomic E-state index is 12.8. The summed E-state index contributed by atoms with van der Waals surface area (Å²) in [6.45, 7) is 1.86. The van der Waals surface area contributed by atoms with E-state index in [2.05, 4.69) is 20.1 Å². The molecule has 3 heterocycles.